The predicted molar refractivity (Wildman–Crippen MR) is 51.9 cm³/mol. The summed E-state index contributed by atoms with van der Waals surface area (Å²) >= 11 is 0. The van der Waals surface area contributed by atoms with Gasteiger partial charge < -0.3 is 0 Å². The van der Waals surface area contributed by atoms with Gasteiger partial charge in [0.1, 0.15) is 10.7 Å². The minimum absolute atomic E-state index is 0.0423. The smallest absolute Gasteiger partial charge is 0.258 e. The van der Waals surface area contributed by atoms with Gasteiger partial charge in [-0.25, -0.2) is 8.42 Å². The number of nitro groups is 1. The Balaban J connectivity index is 3.12. The molecule has 0 N–H and O–H groups in total. The molecule has 0 aliphatic carbocycles. The Morgan fingerprint density at radius 1 is 1.43 bits per heavy atom. The van der Waals surface area contributed by atoms with Crippen LogP contribution in [0, 0.1) is 17.0 Å². The summed E-state index contributed by atoms with van der Waals surface area (Å²) < 4.78 is 20.8. The van der Waals surface area contributed by atoms with Gasteiger partial charge in [0.15, 0.2) is 0 Å². The van der Waals surface area contributed by atoms with E-state index >= 15 is 0 Å². The highest BCUT2D eigenvalue weighted by molar-refractivity contribution is 7.71. The zero-order valence-electron chi connectivity index (χ0n) is 7.47. The number of nitrogens with zero attached hydrogens (tertiary/aromatic N) is 1. The van der Waals surface area contributed by atoms with Crippen molar-refractivity contribution in [1.82, 2.24) is 0 Å². The molecule has 0 saturated heterocycles. The molecule has 0 bridgehead atoms. The van der Waals surface area contributed by atoms with Gasteiger partial charge in [-0.1, -0.05) is 12.1 Å². The molecule has 0 fully saturated rings. The molecule has 5 nitrogen and oxygen atoms in total. The first-order valence-electron chi connectivity index (χ1n) is 3.86. The molecule has 14 heavy (non-hydrogen) atoms. The minimum Gasteiger partial charge on any atom is -0.258 e. The molecule has 0 aliphatic rings. The van der Waals surface area contributed by atoms with E-state index in [0.717, 1.165) is 0 Å². The van der Waals surface area contributed by atoms with Crippen molar-refractivity contribution in [2.45, 2.75) is 12.7 Å². The summed E-state index contributed by atoms with van der Waals surface area (Å²) in [6.45, 7) is 1.61. The molecule has 1 aromatic rings. The largest absolute Gasteiger partial charge is 0.272 e. The number of aryl methyl sites for hydroxylation is 1. The second-order valence-electron chi connectivity index (χ2n) is 2.87. The molecule has 0 atom stereocenters. The molecule has 6 heteroatoms. The number of nitro benzene ring substituents is 1. The normalized spacial score (nSPS) is 10.4. The maximum absolute atomic E-state index is 10.5. The number of rotatable bonds is 3. The van der Waals surface area contributed by atoms with E-state index in [1.54, 1.807) is 19.1 Å². The first-order chi connectivity index (χ1) is 6.50. The molecule has 0 radical (unpaired) electrons. The molecule has 76 valence electrons. The lowest BCUT2D eigenvalue weighted by atomic mass is 10.1. The molecule has 1 aromatic carbocycles. The first kappa shape index (κ1) is 10.6. The average Bonchev–Trinajstić information content (AvgIpc) is 2.07. The first-order valence-corrected chi connectivity index (χ1v) is 5.22. The maximum atomic E-state index is 10.5. The highest BCUT2D eigenvalue weighted by Crippen LogP contribution is 2.19. The Labute approximate surface area is 82.5 Å². The van der Waals surface area contributed by atoms with Crippen molar-refractivity contribution in [2.75, 3.05) is 0 Å². The second-order valence-corrected chi connectivity index (χ2v) is 3.85. The molecular formula is C8H9NO4S. The number of hydrogen-bond acceptors (Lipinski definition) is 4. The summed E-state index contributed by atoms with van der Waals surface area (Å²) in [4.78, 5) is 10.00. The molecule has 0 aromatic heterocycles. The summed E-state index contributed by atoms with van der Waals surface area (Å²) in [5.41, 5.74) is 0.928. The quantitative estimate of drug-likeness (QED) is 0.464. The molecule has 0 heterocycles. The Bertz CT molecular complexity index is 431. The van der Waals surface area contributed by atoms with Crippen LogP contribution in [0.2, 0.25) is 0 Å². The van der Waals surface area contributed by atoms with Crippen molar-refractivity contribution in [3.63, 3.8) is 0 Å². The van der Waals surface area contributed by atoms with Crippen LogP contribution < -0.4 is 0 Å². The van der Waals surface area contributed by atoms with E-state index in [-0.39, 0.29) is 11.4 Å². The van der Waals surface area contributed by atoms with Crippen LogP contribution in [0.1, 0.15) is 11.1 Å². The fourth-order valence-corrected chi connectivity index (χ4v) is 1.59. The third-order valence-corrected chi connectivity index (χ3v) is 2.41. The van der Waals surface area contributed by atoms with Crippen LogP contribution in [0.4, 0.5) is 5.69 Å². The lowest BCUT2D eigenvalue weighted by molar-refractivity contribution is -0.385. The molecule has 1 rings (SSSR count). The van der Waals surface area contributed by atoms with Crippen LogP contribution in [0.15, 0.2) is 18.2 Å². The Morgan fingerprint density at radius 3 is 2.57 bits per heavy atom. The van der Waals surface area contributed by atoms with Gasteiger partial charge in [-0.3, -0.25) is 10.1 Å². The van der Waals surface area contributed by atoms with Gasteiger partial charge in [-0.05, 0) is 12.5 Å². The number of hydrogen-bond donors (Lipinski definition) is 1. The molecule has 0 aliphatic heterocycles. The van der Waals surface area contributed by atoms with Gasteiger partial charge >= 0.3 is 0 Å². The zero-order valence-corrected chi connectivity index (χ0v) is 8.36. The van der Waals surface area contributed by atoms with Crippen LogP contribution >= 0.6 is 0 Å². The van der Waals surface area contributed by atoms with Crippen LogP contribution in [0.5, 0.6) is 0 Å². The third-order valence-electron chi connectivity index (χ3n) is 1.78. The highest BCUT2D eigenvalue weighted by Gasteiger charge is 2.10. The molecule has 0 spiro atoms. The van der Waals surface area contributed by atoms with Gasteiger partial charge in [-0.15, -0.1) is 0 Å². The minimum atomic E-state index is -2.54. The summed E-state index contributed by atoms with van der Waals surface area (Å²) in [7, 11) is -2.54. The van der Waals surface area contributed by atoms with Gasteiger partial charge in [0.25, 0.3) is 5.69 Å². The van der Waals surface area contributed by atoms with Crippen molar-refractivity contribution < 1.29 is 13.3 Å². The summed E-state index contributed by atoms with van der Waals surface area (Å²) in [5, 5.41) is 10.5. The Kier molecular flexibility index (Phi) is 3.19. The molecule has 0 amide bonds. The lowest BCUT2D eigenvalue weighted by Crippen LogP contribution is -1.94. The van der Waals surface area contributed by atoms with Crippen molar-refractivity contribution >= 4 is 16.4 Å². The van der Waals surface area contributed by atoms with E-state index in [1.165, 1.54) is 6.07 Å². The van der Waals surface area contributed by atoms with Gasteiger partial charge in [0.2, 0.25) is 0 Å². The predicted octanol–water partition coefficient (Wildman–Crippen LogP) is 1.01. The third kappa shape index (κ3) is 2.53. The van der Waals surface area contributed by atoms with Crippen molar-refractivity contribution in [3.05, 3.63) is 39.4 Å². The van der Waals surface area contributed by atoms with Crippen molar-refractivity contribution in [1.29, 1.82) is 0 Å². The zero-order chi connectivity index (χ0) is 10.7. The fraction of sp³-hybridized carbons (Fsp3) is 0.250. The SMILES string of the molecule is Cc1ccc(C[SH](=O)=O)cc1[N+](=O)[O-]. The Morgan fingerprint density at radius 2 is 2.07 bits per heavy atom. The van der Waals surface area contributed by atoms with Gasteiger partial charge in [0.05, 0.1) is 10.7 Å². The van der Waals surface area contributed by atoms with Gasteiger partial charge in [0, 0.05) is 11.6 Å². The number of thiol groups is 1. The number of benzene rings is 1. The van der Waals surface area contributed by atoms with E-state index < -0.39 is 15.6 Å². The highest BCUT2D eigenvalue weighted by atomic mass is 32.2. The second kappa shape index (κ2) is 4.19. The topological polar surface area (TPSA) is 77.3 Å². The van der Waals surface area contributed by atoms with Crippen LogP contribution in [-0.4, -0.2) is 13.3 Å². The van der Waals surface area contributed by atoms with Crippen LogP contribution in [-0.2, 0) is 16.5 Å². The van der Waals surface area contributed by atoms with E-state index in [2.05, 4.69) is 0 Å². The van der Waals surface area contributed by atoms with Crippen molar-refractivity contribution in [3.8, 4) is 0 Å². The summed E-state index contributed by atoms with van der Waals surface area (Å²) in [5.74, 6) is -0.156. The van der Waals surface area contributed by atoms with E-state index in [1.807, 2.05) is 0 Å². The monoisotopic (exact) mass is 215 g/mol. The molecular weight excluding hydrogens is 206 g/mol. The van der Waals surface area contributed by atoms with Gasteiger partial charge in [-0.2, -0.15) is 0 Å². The molecule has 0 unspecified atom stereocenters. The summed E-state index contributed by atoms with van der Waals surface area (Å²) in [6.07, 6.45) is 0. The standard InChI is InChI=1S/C8H9NO4S/c1-6-2-3-7(5-14(12)13)4-8(6)9(10)11/h2-4,14H,5H2,1H3. The summed E-state index contributed by atoms with van der Waals surface area (Å²) in [6, 6.07) is 4.42. The van der Waals surface area contributed by atoms with Crippen molar-refractivity contribution in [2.24, 2.45) is 0 Å². The average molecular weight is 215 g/mol. The van der Waals surface area contributed by atoms with E-state index in [4.69, 9.17) is 0 Å². The van der Waals surface area contributed by atoms with Crippen LogP contribution in [0.3, 0.4) is 0 Å². The lowest BCUT2D eigenvalue weighted by Gasteiger charge is -1.98. The fourth-order valence-electron chi connectivity index (χ4n) is 1.10. The molecule has 0 saturated carbocycles. The van der Waals surface area contributed by atoms with E-state index in [9.17, 15) is 18.5 Å². The maximum Gasteiger partial charge on any atom is 0.272 e. The Hall–Kier alpha value is -1.43. The van der Waals surface area contributed by atoms with Crippen LogP contribution in [0.25, 0.3) is 0 Å². The van der Waals surface area contributed by atoms with E-state index in [0.29, 0.717) is 11.1 Å².